The molecule has 0 bridgehead atoms. The molecule has 3 rings (SSSR count). The molecule has 5 nitrogen and oxygen atoms in total. The fourth-order valence-electron chi connectivity index (χ4n) is 2.46. The maximum absolute atomic E-state index is 11.5. The second-order valence-electron chi connectivity index (χ2n) is 5.16. The standard InChI is InChI=1S/C15H16N2O3/c1-10-8-11-4-2-3-5-12(11)16-13(10)17-15(14(18)19)6-7-20-9-15/h2-5,8H,6-7,9H2,1H3,(H,16,17)(H,18,19). The number of hydrogen-bond acceptors (Lipinski definition) is 4. The first-order valence-electron chi connectivity index (χ1n) is 6.56. The average Bonchev–Trinajstić information content (AvgIpc) is 2.89. The Balaban J connectivity index is 2.01. The van der Waals surface area contributed by atoms with Gasteiger partial charge in [-0.2, -0.15) is 0 Å². The summed E-state index contributed by atoms with van der Waals surface area (Å²) >= 11 is 0. The molecule has 1 atom stereocenters. The van der Waals surface area contributed by atoms with Gasteiger partial charge >= 0.3 is 5.97 Å². The number of hydrogen-bond donors (Lipinski definition) is 2. The summed E-state index contributed by atoms with van der Waals surface area (Å²) in [5, 5.41) is 13.6. The van der Waals surface area contributed by atoms with Gasteiger partial charge in [-0.15, -0.1) is 0 Å². The summed E-state index contributed by atoms with van der Waals surface area (Å²) in [7, 11) is 0. The van der Waals surface area contributed by atoms with Crippen LogP contribution in [-0.2, 0) is 9.53 Å². The number of aromatic nitrogens is 1. The summed E-state index contributed by atoms with van der Waals surface area (Å²) in [5.74, 6) is -0.291. The highest BCUT2D eigenvalue weighted by atomic mass is 16.5. The van der Waals surface area contributed by atoms with Crippen LogP contribution in [0.2, 0.25) is 0 Å². The molecule has 0 amide bonds. The molecular formula is C15H16N2O3. The summed E-state index contributed by atoms with van der Waals surface area (Å²) in [4.78, 5) is 16.1. The Bertz CT molecular complexity index is 663. The van der Waals surface area contributed by atoms with Crippen molar-refractivity contribution >= 4 is 22.7 Å². The van der Waals surface area contributed by atoms with Crippen LogP contribution in [0.3, 0.4) is 0 Å². The zero-order valence-electron chi connectivity index (χ0n) is 11.2. The third-order valence-corrected chi connectivity index (χ3v) is 3.70. The van der Waals surface area contributed by atoms with Crippen molar-refractivity contribution in [2.75, 3.05) is 18.5 Å². The maximum Gasteiger partial charge on any atom is 0.331 e. The molecule has 2 heterocycles. The zero-order valence-corrected chi connectivity index (χ0v) is 11.2. The largest absolute Gasteiger partial charge is 0.479 e. The van der Waals surface area contributed by atoms with Crippen molar-refractivity contribution < 1.29 is 14.6 Å². The van der Waals surface area contributed by atoms with E-state index in [4.69, 9.17) is 4.74 Å². The van der Waals surface area contributed by atoms with Gasteiger partial charge in [0, 0.05) is 18.4 Å². The number of rotatable bonds is 3. The van der Waals surface area contributed by atoms with E-state index in [-0.39, 0.29) is 6.61 Å². The van der Waals surface area contributed by atoms with Gasteiger partial charge in [0.05, 0.1) is 12.1 Å². The number of carboxylic acids is 1. The quantitative estimate of drug-likeness (QED) is 0.896. The van der Waals surface area contributed by atoms with Gasteiger partial charge in [-0.25, -0.2) is 9.78 Å². The highest BCUT2D eigenvalue weighted by molar-refractivity contribution is 5.86. The first kappa shape index (κ1) is 12.9. The van der Waals surface area contributed by atoms with Crippen LogP contribution >= 0.6 is 0 Å². The summed E-state index contributed by atoms with van der Waals surface area (Å²) in [6.07, 6.45) is 0.441. The number of aliphatic carboxylic acids is 1. The van der Waals surface area contributed by atoms with Crippen LogP contribution in [0, 0.1) is 6.92 Å². The number of anilines is 1. The van der Waals surface area contributed by atoms with Crippen molar-refractivity contribution in [3.8, 4) is 0 Å². The van der Waals surface area contributed by atoms with Gasteiger partial charge in [0.15, 0.2) is 5.54 Å². The van der Waals surface area contributed by atoms with Gasteiger partial charge in [-0.3, -0.25) is 0 Å². The van der Waals surface area contributed by atoms with E-state index in [1.165, 1.54) is 0 Å². The molecule has 104 valence electrons. The lowest BCUT2D eigenvalue weighted by molar-refractivity contribution is -0.142. The molecular weight excluding hydrogens is 256 g/mol. The van der Waals surface area contributed by atoms with E-state index in [9.17, 15) is 9.90 Å². The Kier molecular flexibility index (Phi) is 3.06. The molecule has 1 unspecified atom stereocenters. The molecule has 0 radical (unpaired) electrons. The van der Waals surface area contributed by atoms with Crippen LogP contribution < -0.4 is 5.32 Å². The Morgan fingerprint density at radius 2 is 2.25 bits per heavy atom. The number of ether oxygens (including phenoxy) is 1. The highest BCUT2D eigenvalue weighted by Gasteiger charge is 2.43. The van der Waals surface area contributed by atoms with Gasteiger partial charge in [0.25, 0.3) is 0 Å². The third kappa shape index (κ3) is 2.10. The number of carboxylic acid groups (broad SMARTS) is 1. The fourth-order valence-corrected chi connectivity index (χ4v) is 2.46. The minimum Gasteiger partial charge on any atom is -0.479 e. The van der Waals surface area contributed by atoms with Gasteiger partial charge < -0.3 is 15.2 Å². The first-order chi connectivity index (χ1) is 9.61. The summed E-state index contributed by atoms with van der Waals surface area (Å²) < 4.78 is 5.25. The predicted octanol–water partition coefficient (Wildman–Crippen LogP) is 2.20. The zero-order chi connectivity index (χ0) is 14.2. The predicted molar refractivity (Wildman–Crippen MR) is 75.9 cm³/mol. The molecule has 1 aliphatic heterocycles. The van der Waals surface area contributed by atoms with E-state index in [0.717, 1.165) is 16.5 Å². The summed E-state index contributed by atoms with van der Waals surface area (Å²) in [6.45, 7) is 2.54. The second kappa shape index (κ2) is 4.76. The number of carbonyl (C=O) groups is 1. The van der Waals surface area contributed by atoms with Crippen molar-refractivity contribution in [1.29, 1.82) is 0 Å². The molecule has 0 spiro atoms. The number of nitrogens with zero attached hydrogens (tertiary/aromatic N) is 1. The maximum atomic E-state index is 11.5. The molecule has 1 aliphatic rings. The van der Waals surface area contributed by atoms with Crippen LogP contribution in [0.15, 0.2) is 30.3 Å². The van der Waals surface area contributed by atoms with Gasteiger partial charge in [-0.05, 0) is 24.6 Å². The van der Waals surface area contributed by atoms with Gasteiger partial charge in [-0.1, -0.05) is 18.2 Å². The Labute approximate surface area is 116 Å². The first-order valence-corrected chi connectivity index (χ1v) is 6.56. The van der Waals surface area contributed by atoms with Gasteiger partial charge in [0.2, 0.25) is 0 Å². The lowest BCUT2D eigenvalue weighted by atomic mass is 9.98. The normalized spacial score (nSPS) is 22.1. The van der Waals surface area contributed by atoms with E-state index < -0.39 is 11.5 Å². The molecule has 1 saturated heterocycles. The smallest absolute Gasteiger partial charge is 0.331 e. The summed E-state index contributed by atoms with van der Waals surface area (Å²) in [6, 6.07) is 9.79. The second-order valence-corrected chi connectivity index (χ2v) is 5.16. The lowest BCUT2D eigenvalue weighted by Crippen LogP contribution is -2.47. The minimum atomic E-state index is -1.07. The van der Waals surface area contributed by atoms with Crippen LogP contribution in [-0.4, -0.2) is 34.8 Å². The Morgan fingerprint density at radius 3 is 2.95 bits per heavy atom. The Hall–Kier alpha value is -2.14. The molecule has 5 heteroatoms. The lowest BCUT2D eigenvalue weighted by Gasteiger charge is -2.25. The van der Waals surface area contributed by atoms with E-state index in [2.05, 4.69) is 10.3 Å². The van der Waals surface area contributed by atoms with E-state index in [1.54, 1.807) is 0 Å². The number of fused-ring (bicyclic) bond motifs is 1. The monoisotopic (exact) mass is 272 g/mol. The molecule has 2 aromatic rings. The Morgan fingerprint density at radius 1 is 1.45 bits per heavy atom. The fraction of sp³-hybridized carbons (Fsp3) is 0.333. The molecule has 1 fully saturated rings. The molecule has 20 heavy (non-hydrogen) atoms. The van der Waals surface area contributed by atoms with Crippen molar-refractivity contribution in [3.05, 3.63) is 35.9 Å². The minimum absolute atomic E-state index is 0.163. The molecule has 1 aromatic heterocycles. The molecule has 2 N–H and O–H groups in total. The topological polar surface area (TPSA) is 71.5 Å². The van der Waals surface area contributed by atoms with E-state index >= 15 is 0 Å². The highest BCUT2D eigenvalue weighted by Crippen LogP contribution is 2.27. The summed E-state index contributed by atoms with van der Waals surface area (Å²) in [5.41, 5.74) is 0.705. The van der Waals surface area contributed by atoms with E-state index in [1.807, 2.05) is 37.3 Å². The number of aryl methyl sites for hydroxylation is 1. The number of nitrogens with one attached hydrogen (secondary N) is 1. The molecule has 0 saturated carbocycles. The number of para-hydroxylation sites is 1. The molecule has 1 aromatic carbocycles. The number of benzene rings is 1. The van der Waals surface area contributed by atoms with Crippen molar-refractivity contribution in [2.24, 2.45) is 0 Å². The van der Waals surface area contributed by atoms with Crippen LogP contribution in [0.5, 0.6) is 0 Å². The van der Waals surface area contributed by atoms with Crippen LogP contribution in [0.4, 0.5) is 5.82 Å². The molecule has 0 aliphatic carbocycles. The van der Waals surface area contributed by atoms with Crippen molar-refractivity contribution in [1.82, 2.24) is 4.98 Å². The van der Waals surface area contributed by atoms with E-state index in [0.29, 0.717) is 18.8 Å². The van der Waals surface area contributed by atoms with Gasteiger partial charge in [0.1, 0.15) is 5.82 Å². The van der Waals surface area contributed by atoms with Crippen LogP contribution in [0.1, 0.15) is 12.0 Å². The number of pyridine rings is 1. The van der Waals surface area contributed by atoms with Crippen molar-refractivity contribution in [3.63, 3.8) is 0 Å². The van der Waals surface area contributed by atoms with Crippen molar-refractivity contribution in [2.45, 2.75) is 18.9 Å². The average molecular weight is 272 g/mol. The van der Waals surface area contributed by atoms with Crippen LogP contribution in [0.25, 0.3) is 10.9 Å². The SMILES string of the molecule is Cc1cc2ccccc2nc1NC1(C(=O)O)CCOC1. The third-order valence-electron chi connectivity index (χ3n) is 3.70.